The zero-order chi connectivity index (χ0) is 16.4. The summed E-state index contributed by atoms with van der Waals surface area (Å²) in [4.78, 5) is 12.2. The maximum atomic E-state index is 13.7. The number of benzene rings is 2. The quantitative estimate of drug-likeness (QED) is 0.715. The van der Waals surface area contributed by atoms with Crippen LogP contribution in [0.5, 0.6) is 0 Å². The maximum absolute atomic E-state index is 13.7. The molecule has 0 spiro atoms. The van der Waals surface area contributed by atoms with Crippen LogP contribution in [0.15, 0.2) is 57.5 Å². The molecule has 0 bridgehead atoms. The van der Waals surface area contributed by atoms with E-state index in [0.29, 0.717) is 5.69 Å². The number of amides is 1. The lowest BCUT2D eigenvalue weighted by Crippen LogP contribution is -2.13. The maximum Gasteiger partial charge on any atom is 0.277 e. The Morgan fingerprint density at radius 3 is 2.74 bits per heavy atom. The van der Waals surface area contributed by atoms with Gasteiger partial charge >= 0.3 is 0 Å². The molecule has 2 aromatic carbocycles. The molecule has 3 rings (SSSR count). The average Bonchev–Trinajstić information content (AvgIpc) is 3.00. The minimum atomic E-state index is -0.431. The van der Waals surface area contributed by atoms with Crippen LogP contribution in [0.2, 0.25) is 0 Å². The highest BCUT2D eigenvalue weighted by molar-refractivity contribution is 9.10. The van der Waals surface area contributed by atoms with Gasteiger partial charge in [0.05, 0.1) is 5.56 Å². The Kier molecular flexibility index (Phi) is 4.25. The Morgan fingerprint density at radius 2 is 2.00 bits per heavy atom. The van der Waals surface area contributed by atoms with Gasteiger partial charge in [0.1, 0.15) is 5.82 Å². The first kappa shape index (κ1) is 15.4. The molecule has 0 atom stereocenters. The second kappa shape index (κ2) is 6.34. The van der Waals surface area contributed by atoms with E-state index in [1.807, 2.05) is 19.1 Å². The molecule has 1 heterocycles. The van der Waals surface area contributed by atoms with Crippen molar-refractivity contribution in [3.63, 3.8) is 0 Å². The molecule has 3 aromatic rings. The molecule has 0 aliphatic heterocycles. The highest BCUT2D eigenvalue weighted by atomic mass is 79.9. The van der Waals surface area contributed by atoms with Gasteiger partial charge < -0.3 is 9.84 Å². The number of nitrogens with one attached hydrogen (secondary N) is 1. The second-order valence-corrected chi connectivity index (χ2v) is 5.89. The van der Waals surface area contributed by atoms with E-state index in [-0.39, 0.29) is 17.0 Å². The van der Waals surface area contributed by atoms with Crippen molar-refractivity contribution < 1.29 is 13.7 Å². The first-order valence-corrected chi connectivity index (χ1v) is 7.63. The van der Waals surface area contributed by atoms with Crippen molar-refractivity contribution in [3.05, 3.63) is 70.1 Å². The molecule has 0 radical (unpaired) electrons. The van der Waals surface area contributed by atoms with Gasteiger partial charge in [-0.1, -0.05) is 33.2 Å². The Hall–Kier alpha value is -2.47. The third kappa shape index (κ3) is 3.32. The van der Waals surface area contributed by atoms with Crippen molar-refractivity contribution in [2.45, 2.75) is 6.92 Å². The van der Waals surface area contributed by atoms with E-state index in [0.717, 1.165) is 10.0 Å². The first-order chi connectivity index (χ1) is 11.0. The van der Waals surface area contributed by atoms with Gasteiger partial charge in [0.2, 0.25) is 0 Å². The molecule has 1 N–H and O–H groups in total. The van der Waals surface area contributed by atoms with E-state index in [4.69, 9.17) is 4.52 Å². The highest BCUT2D eigenvalue weighted by Gasteiger charge is 2.16. The summed E-state index contributed by atoms with van der Waals surface area (Å²) in [5.74, 6) is -0.637. The van der Waals surface area contributed by atoms with Crippen molar-refractivity contribution in [3.8, 4) is 11.3 Å². The largest absolute Gasteiger partial charge is 0.355 e. The summed E-state index contributed by atoms with van der Waals surface area (Å²) in [5.41, 5.74) is 1.93. The summed E-state index contributed by atoms with van der Waals surface area (Å²) in [6.07, 6.45) is 0. The van der Waals surface area contributed by atoms with Gasteiger partial charge in [-0.2, -0.15) is 0 Å². The minimum Gasteiger partial charge on any atom is -0.355 e. The van der Waals surface area contributed by atoms with Crippen molar-refractivity contribution in [1.82, 2.24) is 5.16 Å². The van der Waals surface area contributed by atoms with E-state index in [1.165, 1.54) is 12.1 Å². The standard InChI is InChI=1S/C17H12BrFN2O2/c1-10-8-11(18)6-7-14(10)20-17(22)15-9-16(23-21-15)12-4-2-3-5-13(12)19/h2-9H,1H3,(H,20,22). The third-order valence-electron chi connectivity index (χ3n) is 3.32. The number of halogens is 2. The predicted molar refractivity (Wildman–Crippen MR) is 88.7 cm³/mol. The van der Waals surface area contributed by atoms with Crippen LogP contribution in [0.3, 0.4) is 0 Å². The molecular weight excluding hydrogens is 363 g/mol. The lowest BCUT2D eigenvalue weighted by Gasteiger charge is -2.06. The lowest BCUT2D eigenvalue weighted by molar-refractivity contribution is 0.101. The summed E-state index contributed by atoms with van der Waals surface area (Å²) >= 11 is 3.37. The smallest absolute Gasteiger partial charge is 0.277 e. The number of hydrogen-bond donors (Lipinski definition) is 1. The van der Waals surface area contributed by atoms with E-state index in [1.54, 1.807) is 24.3 Å². The predicted octanol–water partition coefficient (Wildman–Crippen LogP) is 4.80. The molecule has 23 heavy (non-hydrogen) atoms. The SMILES string of the molecule is Cc1cc(Br)ccc1NC(=O)c1cc(-c2ccccc2F)on1. The summed E-state index contributed by atoms with van der Waals surface area (Å²) in [7, 11) is 0. The first-order valence-electron chi connectivity index (χ1n) is 6.84. The van der Waals surface area contributed by atoms with Crippen LogP contribution in [-0.2, 0) is 0 Å². The van der Waals surface area contributed by atoms with Gasteiger partial charge in [0, 0.05) is 16.2 Å². The molecule has 0 aliphatic rings. The minimum absolute atomic E-state index is 0.0885. The molecule has 0 fully saturated rings. The molecule has 0 saturated carbocycles. The van der Waals surface area contributed by atoms with Crippen LogP contribution < -0.4 is 5.32 Å². The fourth-order valence-electron chi connectivity index (χ4n) is 2.12. The molecule has 116 valence electrons. The normalized spacial score (nSPS) is 10.6. The van der Waals surface area contributed by atoms with Gasteiger partial charge in [-0.3, -0.25) is 4.79 Å². The number of aromatic nitrogens is 1. The van der Waals surface area contributed by atoms with E-state index in [9.17, 15) is 9.18 Å². The zero-order valence-electron chi connectivity index (χ0n) is 12.1. The number of rotatable bonds is 3. The van der Waals surface area contributed by atoms with Crippen molar-refractivity contribution in [1.29, 1.82) is 0 Å². The number of anilines is 1. The molecule has 4 nitrogen and oxygen atoms in total. The number of carbonyl (C=O) groups is 1. The van der Waals surface area contributed by atoms with Crippen LogP contribution >= 0.6 is 15.9 Å². The fraction of sp³-hybridized carbons (Fsp3) is 0.0588. The summed E-state index contributed by atoms with van der Waals surface area (Å²) in [6, 6.07) is 13.1. The summed E-state index contributed by atoms with van der Waals surface area (Å²) in [6.45, 7) is 1.88. The topological polar surface area (TPSA) is 55.1 Å². The lowest BCUT2D eigenvalue weighted by atomic mass is 10.1. The number of carbonyl (C=O) groups excluding carboxylic acids is 1. The van der Waals surface area contributed by atoms with Crippen LogP contribution in [0.1, 0.15) is 16.1 Å². The van der Waals surface area contributed by atoms with E-state index in [2.05, 4.69) is 26.4 Å². The highest BCUT2D eigenvalue weighted by Crippen LogP contribution is 2.24. The number of aryl methyl sites for hydroxylation is 1. The Morgan fingerprint density at radius 1 is 1.22 bits per heavy atom. The van der Waals surface area contributed by atoms with Gasteiger partial charge in [-0.15, -0.1) is 0 Å². The van der Waals surface area contributed by atoms with Gasteiger partial charge in [0.25, 0.3) is 5.91 Å². The molecule has 6 heteroatoms. The van der Waals surface area contributed by atoms with Crippen LogP contribution in [0.25, 0.3) is 11.3 Å². The Balaban J connectivity index is 1.83. The Labute approximate surface area is 140 Å². The molecular formula is C17H12BrFN2O2. The van der Waals surface area contributed by atoms with Crippen molar-refractivity contribution >= 4 is 27.5 Å². The fourth-order valence-corrected chi connectivity index (χ4v) is 2.60. The molecule has 0 saturated heterocycles. The average molecular weight is 375 g/mol. The number of nitrogens with zero attached hydrogens (tertiary/aromatic N) is 1. The second-order valence-electron chi connectivity index (χ2n) is 4.97. The number of hydrogen-bond acceptors (Lipinski definition) is 3. The van der Waals surface area contributed by atoms with E-state index >= 15 is 0 Å². The summed E-state index contributed by atoms with van der Waals surface area (Å²) < 4.78 is 19.7. The monoisotopic (exact) mass is 374 g/mol. The van der Waals surface area contributed by atoms with Crippen LogP contribution in [0.4, 0.5) is 10.1 Å². The molecule has 0 aliphatic carbocycles. The van der Waals surface area contributed by atoms with Gasteiger partial charge in [-0.25, -0.2) is 4.39 Å². The van der Waals surface area contributed by atoms with Crippen LogP contribution in [0, 0.1) is 12.7 Å². The Bertz CT molecular complexity index is 877. The molecule has 1 aromatic heterocycles. The van der Waals surface area contributed by atoms with Gasteiger partial charge in [0.15, 0.2) is 11.5 Å². The third-order valence-corrected chi connectivity index (χ3v) is 3.81. The summed E-state index contributed by atoms with van der Waals surface area (Å²) in [5, 5.41) is 6.47. The van der Waals surface area contributed by atoms with Crippen molar-refractivity contribution in [2.24, 2.45) is 0 Å². The van der Waals surface area contributed by atoms with Gasteiger partial charge in [-0.05, 0) is 42.8 Å². The van der Waals surface area contributed by atoms with E-state index < -0.39 is 11.7 Å². The molecule has 0 unspecified atom stereocenters. The zero-order valence-corrected chi connectivity index (χ0v) is 13.7. The van der Waals surface area contributed by atoms with Crippen LogP contribution in [-0.4, -0.2) is 11.1 Å². The van der Waals surface area contributed by atoms with Crippen molar-refractivity contribution in [2.75, 3.05) is 5.32 Å². The molecule has 1 amide bonds.